The van der Waals surface area contributed by atoms with E-state index in [2.05, 4.69) is 60.0 Å². The lowest BCUT2D eigenvalue weighted by molar-refractivity contribution is -0.112. The van der Waals surface area contributed by atoms with Crippen molar-refractivity contribution in [3.8, 4) is 6.07 Å². The maximum atomic E-state index is 12.5. The molecule has 0 spiro atoms. The fraction of sp³-hybridized carbons (Fsp3) is 0.217. The van der Waals surface area contributed by atoms with Crippen LogP contribution >= 0.6 is 15.9 Å². The van der Waals surface area contributed by atoms with Gasteiger partial charge >= 0.3 is 0 Å². The standard InChI is InChI=1S/C23H22BrN3O/c1-15-13-23(2,3)27(4)21-10-5-16(12-20(15)21)11-17(14-25)22(28)26-19-8-6-18(24)7-9-19/h5-13H,1-4H3,(H,26,28)/b17-11+. The van der Waals surface area contributed by atoms with Gasteiger partial charge in [-0.05, 0) is 74.4 Å². The molecule has 4 nitrogen and oxygen atoms in total. The van der Waals surface area contributed by atoms with Gasteiger partial charge in [0.25, 0.3) is 5.91 Å². The van der Waals surface area contributed by atoms with Gasteiger partial charge in [0.2, 0.25) is 0 Å². The quantitative estimate of drug-likeness (QED) is 0.502. The SMILES string of the molecule is CC1=CC(C)(C)N(C)c2ccc(/C=C(\C#N)C(=O)Nc3ccc(Br)cc3)cc21. The highest BCUT2D eigenvalue weighted by atomic mass is 79.9. The lowest BCUT2D eigenvalue weighted by atomic mass is 9.88. The molecular weight excluding hydrogens is 414 g/mol. The van der Waals surface area contributed by atoms with Crippen LogP contribution in [0.1, 0.15) is 31.9 Å². The Morgan fingerprint density at radius 1 is 1.21 bits per heavy atom. The Hall–Kier alpha value is -2.84. The lowest BCUT2D eigenvalue weighted by Gasteiger charge is -2.40. The van der Waals surface area contributed by atoms with Gasteiger partial charge in [-0.15, -0.1) is 0 Å². The molecule has 0 aliphatic carbocycles. The molecule has 5 heteroatoms. The molecule has 1 N–H and O–H groups in total. The number of fused-ring (bicyclic) bond motifs is 1. The number of carbonyl (C=O) groups excluding carboxylic acids is 1. The predicted octanol–water partition coefficient (Wildman–Crippen LogP) is 5.63. The fourth-order valence-corrected chi connectivity index (χ4v) is 3.58. The van der Waals surface area contributed by atoms with Crippen molar-refractivity contribution in [2.45, 2.75) is 26.3 Å². The molecule has 1 aliphatic rings. The summed E-state index contributed by atoms with van der Waals surface area (Å²) in [6.07, 6.45) is 3.86. The number of halogens is 1. The smallest absolute Gasteiger partial charge is 0.266 e. The Balaban J connectivity index is 1.89. The summed E-state index contributed by atoms with van der Waals surface area (Å²) in [5.74, 6) is -0.423. The van der Waals surface area contributed by atoms with Crippen LogP contribution in [0.5, 0.6) is 0 Å². The van der Waals surface area contributed by atoms with Gasteiger partial charge in [0.15, 0.2) is 0 Å². The van der Waals surface area contributed by atoms with Gasteiger partial charge in [0.05, 0.1) is 5.54 Å². The van der Waals surface area contributed by atoms with E-state index in [-0.39, 0.29) is 11.1 Å². The monoisotopic (exact) mass is 435 g/mol. The van der Waals surface area contributed by atoms with Gasteiger partial charge in [0, 0.05) is 28.5 Å². The third-order valence-electron chi connectivity index (χ3n) is 5.02. The van der Waals surface area contributed by atoms with Crippen molar-refractivity contribution in [1.29, 1.82) is 5.26 Å². The number of carbonyl (C=O) groups is 1. The molecule has 1 heterocycles. The second kappa shape index (κ2) is 7.65. The molecule has 0 fully saturated rings. The Morgan fingerprint density at radius 3 is 2.54 bits per heavy atom. The van der Waals surface area contributed by atoms with E-state index in [1.807, 2.05) is 36.4 Å². The van der Waals surface area contributed by atoms with Crippen molar-refractivity contribution in [1.82, 2.24) is 0 Å². The van der Waals surface area contributed by atoms with E-state index in [0.717, 1.165) is 21.3 Å². The molecule has 2 aromatic rings. The second-order valence-corrected chi connectivity index (χ2v) is 8.36. The average Bonchev–Trinajstić information content (AvgIpc) is 2.65. The minimum Gasteiger partial charge on any atom is -0.366 e. The van der Waals surface area contributed by atoms with Gasteiger partial charge in [-0.3, -0.25) is 4.79 Å². The number of nitrogens with zero attached hydrogens (tertiary/aromatic N) is 2. The highest BCUT2D eigenvalue weighted by molar-refractivity contribution is 9.10. The minimum atomic E-state index is -0.423. The zero-order chi connectivity index (χ0) is 20.5. The molecule has 142 valence electrons. The maximum Gasteiger partial charge on any atom is 0.266 e. The van der Waals surface area contributed by atoms with Crippen LogP contribution in [0.25, 0.3) is 11.6 Å². The summed E-state index contributed by atoms with van der Waals surface area (Å²) >= 11 is 3.36. The summed E-state index contributed by atoms with van der Waals surface area (Å²) in [6, 6.07) is 15.2. The summed E-state index contributed by atoms with van der Waals surface area (Å²) in [6.45, 7) is 6.44. The van der Waals surface area contributed by atoms with Gasteiger partial charge in [-0.2, -0.15) is 5.26 Å². The summed E-state index contributed by atoms with van der Waals surface area (Å²) in [7, 11) is 2.07. The van der Waals surface area contributed by atoms with E-state index >= 15 is 0 Å². The molecule has 28 heavy (non-hydrogen) atoms. The molecule has 0 radical (unpaired) electrons. The average molecular weight is 436 g/mol. The molecule has 1 amide bonds. The van der Waals surface area contributed by atoms with Crippen LogP contribution < -0.4 is 10.2 Å². The molecule has 0 saturated heterocycles. The molecule has 1 aliphatic heterocycles. The van der Waals surface area contributed by atoms with Crippen molar-refractivity contribution < 1.29 is 4.79 Å². The number of benzene rings is 2. The van der Waals surface area contributed by atoms with E-state index in [4.69, 9.17) is 0 Å². The first-order valence-electron chi connectivity index (χ1n) is 8.98. The van der Waals surface area contributed by atoms with Gasteiger partial charge in [0.1, 0.15) is 11.6 Å². The third-order valence-corrected chi connectivity index (χ3v) is 5.55. The second-order valence-electron chi connectivity index (χ2n) is 7.45. The van der Waals surface area contributed by atoms with E-state index in [9.17, 15) is 10.1 Å². The van der Waals surface area contributed by atoms with Gasteiger partial charge in [-0.1, -0.05) is 28.1 Å². The number of anilines is 2. The van der Waals surface area contributed by atoms with Crippen LogP contribution in [0.2, 0.25) is 0 Å². The lowest BCUT2D eigenvalue weighted by Crippen LogP contribution is -2.42. The number of rotatable bonds is 3. The van der Waals surface area contributed by atoms with Crippen LogP contribution in [0, 0.1) is 11.3 Å². The van der Waals surface area contributed by atoms with E-state index < -0.39 is 5.91 Å². The number of likely N-dealkylation sites (N-methyl/N-ethyl adjacent to an activating group) is 1. The van der Waals surface area contributed by atoms with Crippen molar-refractivity contribution in [2.75, 3.05) is 17.3 Å². The Labute approximate surface area is 174 Å². The Morgan fingerprint density at radius 2 is 1.89 bits per heavy atom. The highest BCUT2D eigenvalue weighted by Crippen LogP contribution is 2.38. The van der Waals surface area contributed by atoms with Crippen LogP contribution in [0.15, 0.2) is 58.6 Å². The van der Waals surface area contributed by atoms with Crippen molar-refractivity contribution >= 4 is 44.9 Å². The number of nitriles is 1. The minimum absolute atomic E-state index is 0.0587. The van der Waals surface area contributed by atoms with Crippen molar-refractivity contribution in [2.24, 2.45) is 0 Å². The molecule has 0 saturated carbocycles. The molecule has 0 unspecified atom stereocenters. The zero-order valence-corrected chi connectivity index (χ0v) is 18.0. The van der Waals surface area contributed by atoms with E-state index in [0.29, 0.717) is 5.69 Å². The molecule has 0 aromatic heterocycles. The maximum absolute atomic E-state index is 12.5. The van der Waals surface area contributed by atoms with Crippen LogP contribution in [-0.2, 0) is 4.79 Å². The number of amides is 1. The van der Waals surface area contributed by atoms with Crippen LogP contribution in [-0.4, -0.2) is 18.5 Å². The van der Waals surface area contributed by atoms with Crippen molar-refractivity contribution in [3.05, 3.63) is 69.7 Å². The number of nitrogens with one attached hydrogen (secondary N) is 1. The Bertz CT molecular complexity index is 1030. The van der Waals surface area contributed by atoms with E-state index in [1.165, 1.54) is 5.57 Å². The topological polar surface area (TPSA) is 56.1 Å². The van der Waals surface area contributed by atoms with Crippen molar-refractivity contribution in [3.63, 3.8) is 0 Å². The first-order valence-corrected chi connectivity index (χ1v) is 9.77. The Kier molecular flexibility index (Phi) is 5.44. The third kappa shape index (κ3) is 4.02. The van der Waals surface area contributed by atoms with Gasteiger partial charge in [-0.25, -0.2) is 0 Å². The molecule has 0 atom stereocenters. The summed E-state index contributed by atoms with van der Waals surface area (Å²) in [5.41, 5.74) is 4.91. The van der Waals surface area contributed by atoms with Crippen LogP contribution in [0.4, 0.5) is 11.4 Å². The highest BCUT2D eigenvalue weighted by Gasteiger charge is 2.28. The van der Waals surface area contributed by atoms with Gasteiger partial charge < -0.3 is 10.2 Å². The summed E-state index contributed by atoms with van der Waals surface area (Å²) < 4.78 is 0.923. The van der Waals surface area contributed by atoms with Crippen LogP contribution in [0.3, 0.4) is 0 Å². The normalized spacial score (nSPS) is 15.4. The number of allylic oxidation sites excluding steroid dienone is 1. The zero-order valence-electron chi connectivity index (χ0n) is 16.4. The summed E-state index contributed by atoms with van der Waals surface area (Å²) in [5, 5.41) is 12.2. The predicted molar refractivity (Wildman–Crippen MR) is 119 cm³/mol. The number of hydrogen-bond donors (Lipinski definition) is 1. The fourth-order valence-electron chi connectivity index (χ4n) is 3.31. The molecular formula is C23H22BrN3O. The molecule has 3 rings (SSSR count). The van der Waals surface area contributed by atoms with E-state index in [1.54, 1.807) is 18.2 Å². The molecule has 0 bridgehead atoms. The first kappa shape index (κ1) is 19.9. The first-order chi connectivity index (χ1) is 13.2. The largest absolute Gasteiger partial charge is 0.366 e. The number of hydrogen-bond acceptors (Lipinski definition) is 3. The summed E-state index contributed by atoms with van der Waals surface area (Å²) in [4.78, 5) is 14.7. The molecule has 2 aromatic carbocycles.